The lowest BCUT2D eigenvalue weighted by Crippen LogP contribution is -2.51. The summed E-state index contributed by atoms with van der Waals surface area (Å²) in [5, 5.41) is 9.35. The molecule has 1 fully saturated rings. The van der Waals surface area contributed by atoms with Crippen LogP contribution in [-0.2, 0) is 9.53 Å². The lowest BCUT2D eigenvalue weighted by molar-refractivity contribution is -0.119. The van der Waals surface area contributed by atoms with Gasteiger partial charge in [-0.1, -0.05) is 50.8 Å². The summed E-state index contributed by atoms with van der Waals surface area (Å²) in [4.78, 5) is 25.5. The highest BCUT2D eigenvalue weighted by Crippen LogP contribution is 2.36. The van der Waals surface area contributed by atoms with Gasteiger partial charge in [-0.15, -0.1) is 0 Å². The molecule has 0 unspecified atom stereocenters. The number of amides is 1. The summed E-state index contributed by atoms with van der Waals surface area (Å²) in [6.07, 6.45) is 0. The third-order valence-electron chi connectivity index (χ3n) is 4.97. The molecular formula is C24H27N3O4S. The van der Waals surface area contributed by atoms with Crippen LogP contribution in [0.1, 0.15) is 35.8 Å². The van der Waals surface area contributed by atoms with E-state index in [1.165, 1.54) is 7.11 Å². The van der Waals surface area contributed by atoms with E-state index in [1.54, 1.807) is 24.3 Å². The van der Waals surface area contributed by atoms with E-state index in [2.05, 4.69) is 36.4 Å². The quantitative estimate of drug-likeness (QED) is 0.434. The average Bonchev–Trinajstić information content (AvgIpc) is 2.77. The zero-order valence-electron chi connectivity index (χ0n) is 18.3. The Morgan fingerprint density at radius 1 is 1.16 bits per heavy atom. The molecule has 0 radical (unpaired) electrons. The molecule has 0 spiro atoms. The Morgan fingerprint density at radius 2 is 1.84 bits per heavy atom. The Hall–Kier alpha value is -3.39. The number of carbonyl (C=O) groups is 2. The number of carbonyl (C=O) groups excluding carboxylic acids is 2. The highest BCUT2D eigenvalue weighted by molar-refractivity contribution is 7.80. The van der Waals surface area contributed by atoms with Gasteiger partial charge in [0.05, 0.1) is 31.0 Å². The van der Waals surface area contributed by atoms with Gasteiger partial charge in [-0.3, -0.25) is 4.79 Å². The van der Waals surface area contributed by atoms with E-state index >= 15 is 0 Å². The second-order valence-corrected chi connectivity index (χ2v) is 8.26. The Kier molecular flexibility index (Phi) is 7.48. The first-order valence-electron chi connectivity index (χ1n) is 10.3. The molecule has 2 aromatic rings. The fourth-order valence-electron chi connectivity index (χ4n) is 3.47. The van der Waals surface area contributed by atoms with Crippen molar-refractivity contribution in [3.63, 3.8) is 0 Å². The summed E-state index contributed by atoms with van der Waals surface area (Å²) in [6, 6.07) is 13.7. The molecule has 2 atom stereocenters. The van der Waals surface area contributed by atoms with Crippen molar-refractivity contribution in [3.05, 3.63) is 71.9 Å². The molecule has 1 heterocycles. The maximum atomic E-state index is 13.4. The maximum Gasteiger partial charge on any atom is 0.339 e. The molecule has 0 bridgehead atoms. The SMILES string of the molecule is C=C1NC(=S)N[C@H](c2ccccc2OCC(C)C)[C@H]1C(=O)Nc1ccccc1C(=O)OC. The summed E-state index contributed by atoms with van der Waals surface area (Å²) in [7, 11) is 1.29. The van der Waals surface area contributed by atoms with Crippen LogP contribution in [0.3, 0.4) is 0 Å². The molecule has 7 nitrogen and oxygen atoms in total. The number of anilines is 1. The van der Waals surface area contributed by atoms with Gasteiger partial charge in [-0.2, -0.15) is 0 Å². The standard InChI is InChI=1S/C24H27N3O4S/c1-14(2)13-31-19-12-8-6-10-17(19)21-20(15(3)25-24(32)27-21)22(28)26-18-11-7-5-9-16(18)23(29)30-4/h5-12,14,20-21H,3,13H2,1-2,4H3,(H,26,28)(H2,25,27,32)/t20-,21+/m0/s1. The molecule has 3 rings (SSSR count). The average molecular weight is 454 g/mol. The molecule has 8 heteroatoms. The van der Waals surface area contributed by atoms with Gasteiger partial charge in [0.25, 0.3) is 0 Å². The van der Waals surface area contributed by atoms with Gasteiger partial charge in [-0.25, -0.2) is 4.79 Å². The van der Waals surface area contributed by atoms with E-state index in [-0.39, 0.29) is 11.5 Å². The minimum atomic E-state index is -0.726. The van der Waals surface area contributed by atoms with Gasteiger partial charge >= 0.3 is 5.97 Å². The number of hydrogen-bond acceptors (Lipinski definition) is 5. The Labute approximate surface area is 193 Å². The van der Waals surface area contributed by atoms with Crippen molar-refractivity contribution in [1.82, 2.24) is 10.6 Å². The lowest BCUT2D eigenvalue weighted by atomic mass is 9.87. The predicted molar refractivity (Wildman–Crippen MR) is 127 cm³/mol. The van der Waals surface area contributed by atoms with Crippen LogP contribution >= 0.6 is 12.2 Å². The third kappa shape index (κ3) is 5.26. The van der Waals surface area contributed by atoms with Crippen LogP contribution in [0, 0.1) is 11.8 Å². The molecule has 168 valence electrons. The van der Waals surface area contributed by atoms with E-state index < -0.39 is 17.9 Å². The number of hydrogen-bond donors (Lipinski definition) is 3. The zero-order valence-corrected chi connectivity index (χ0v) is 19.1. The first kappa shape index (κ1) is 23.3. The van der Waals surface area contributed by atoms with Crippen LogP contribution in [0.2, 0.25) is 0 Å². The van der Waals surface area contributed by atoms with Gasteiger partial charge in [0.2, 0.25) is 5.91 Å². The highest BCUT2D eigenvalue weighted by Gasteiger charge is 2.38. The van der Waals surface area contributed by atoms with Crippen LogP contribution < -0.4 is 20.7 Å². The van der Waals surface area contributed by atoms with Crippen molar-refractivity contribution in [2.75, 3.05) is 19.0 Å². The summed E-state index contributed by atoms with van der Waals surface area (Å²) >= 11 is 5.33. The largest absolute Gasteiger partial charge is 0.493 e. The van der Waals surface area contributed by atoms with Gasteiger partial charge in [-0.05, 0) is 36.3 Å². The fourth-order valence-corrected chi connectivity index (χ4v) is 3.73. The molecule has 0 aromatic heterocycles. The van der Waals surface area contributed by atoms with E-state index in [4.69, 9.17) is 21.7 Å². The number of para-hydroxylation sites is 2. The van der Waals surface area contributed by atoms with Crippen molar-refractivity contribution < 1.29 is 19.1 Å². The normalized spacial score (nSPS) is 17.9. The van der Waals surface area contributed by atoms with Crippen molar-refractivity contribution >= 4 is 34.9 Å². The van der Waals surface area contributed by atoms with Crippen LogP contribution in [-0.4, -0.2) is 30.7 Å². The summed E-state index contributed by atoms with van der Waals surface area (Å²) < 4.78 is 10.8. The maximum absolute atomic E-state index is 13.4. The fraction of sp³-hybridized carbons (Fsp3) is 0.292. The third-order valence-corrected chi connectivity index (χ3v) is 5.19. The number of thiocarbonyl (C=S) groups is 1. The Bertz CT molecular complexity index is 1040. The summed E-state index contributed by atoms with van der Waals surface area (Å²) in [6.45, 7) is 8.70. The van der Waals surface area contributed by atoms with Crippen LogP contribution in [0.25, 0.3) is 0 Å². The van der Waals surface area contributed by atoms with E-state index in [1.807, 2.05) is 24.3 Å². The molecule has 1 saturated heterocycles. The summed E-state index contributed by atoms with van der Waals surface area (Å²) in [5.74, 6) is -0.601. The molecule has 1 aliphatic rings. The molecule has 32 heavy (non-hydrogen) atoms. The van der Waals surface area contributed by atoms with Crippen molar-refractivity contribution in [3.8, 4) is 5.75 Å². The lowest BCUT2D eigenvalue weighted by Gasteiger charge is -2.36. The van der Waals surface area contributed by atoms with Crippen LogP contribution in [0.15, 0.2) is 60.8 Å². The number of methoxy groups -OCH3 is 1. The predicted octanol–water partition coefficient (Wildman–Crippen LogP) is 3.80. The highest BCUT2D eigenvalue weighted by atomic mass is 32.1. The smallest absolute Gasteiger partial charge is 0.339 e. The molecule has 3 N–H and O–H groups in total. The Balaban J connectivity index is 1.94. The minimum Gasteiger partial charge on any atom is -0.493 e. The molecule has 2 aromatic carbocycles. The van der Waals surface area contributed by atoms with E-state index in [9.17, 15) is 9.59 Å². The van der Waals surface area contributed by atoms with Crippen molar-refractivity contribution in [2.24, 2.45) is 11.8 Å². The summed E-state index contributed by atoms with van der Waals surface area (Å²) in [5.41, 5.74) is 1.86. The monoisotopic (exact) mass is 453 g/mol. The number of rotatable bonds is 7. The number of esters is 1. The topological polar surface area (TPSA) is 88.7 Å². The van der Waals surface area contributed by atoms with Crippen molar-refractivity contribution in [2.45, 2.75) is 19.9 Å². The van der Waals surface area contributed by atoms with Crippen molar-refractivity contribution in [1.29, 1.82) is 0 Å². The number of benzene rings is 2. The van der Waals surface area contributed by atoms with E-state index in [0.29, 0.717) is 34.8 Å². The second kappa shape index (κ2) is 10.3. The van der Waals surface area contributed by atoms with Gasteiger partial charge in [0.15, 0.2) is 5.11 Å². The molecule has 0 aliphatic carbocycles. The first-order chi connectivity index (χ1) is 15.3. The van der Waals surface area contributed by atoms with Gasteiger partial charge in [0.1, 0.15) is 11.7 Å². The van der Waals surface area contributed by atoms with Gasteiger partial charge in [0, 0.05) is 11.3 Å². The minimum absolute atomic E-state index is 0.262. The molecule has 0 saturated carbocycles. The van der Waals surface area contributed by atoms with Crippen LogP contribution in [0.5, 0.6) is 5.75 Å². The molecular weight excluding hydrogens is 426 g/mol. The van der Waals surface area contributed by atoms with E-state index in [0.717, 1.165) is 5.56 Å². The van der Waals surface area contributed by atoms with Gasteiger partial charge < -0.3 is 25.4 Å². The number of ether oxygens (including phenoxy) is 2. The second-order valence-electron chi connectivity index (χ2n) is 7.85. The van der Waals surface area contributed by atoms with Crippen LogP contribution in [0.4, 0.5) is 5.69 Å². The zero-order chi connectivity index (χ0) is 23.3. The Morgan fingerprint density at radius 3 is 2.56 bits per heavy atom. The number of nitrogens with one attached hydrogen (secondary N) is 3. The first-order valence-corrected chi connectivity index (χ1v) is 10.7. The molecule has 1 amide bonds. The molecule has 1 aliphatic heterocycles.